The standard InChI is InChI=1S/C22H22N6O2/c1-28(11-12-30-2)20-9-6-15(14-24-20)22(29)25-16-7-8-17-19(13-16)27-21(26-17)18-5-3-4-10-23-18/h3-10,13-14H,11-12H2,1-2H3,(H,25,29)(H,26,27). The quantitative estimate of drug-likeness (QED) is 0.492. The number of pyridine rings is 2. The Morgan fingerprint density at radius 2 is 2.07 bits per heavy atom. The van der Waals surface area contributed by atoms with Gasteiger partial charge in [0.1, 0.15) is 11.5 Å². The lowest BCUT2D eigenvalue weighted by atomic mass is 10.2. The maximum Gasteiger partial charge on any atom is 0.257 e. The molecule has 0 aliphatic rings. The third-order valence-corrected chi connectivity index (χ3v) is 4.68. The van der Waals surface area contributed by atoms with E-state index in [1.807, 2.05) is 54.4 Å². The number of carbonyl (C=O) groups is 1. The van der Waals surface area contributed by atoms with Crippen molar-refractivity contribution < 1.29 is 9.53 Å². The Balaban J connectivity index is 1.47. The Labute approximate surface area is 174 Å². The van der Waals surface area contributed by atoms with Gasteiger partial charge in [-0.15, -0.1) is 0 Å². The monoisotopic (exact) mass is 402 g/mol. The molecule has 4 rings (SSSR count). The number of imidazole rings is 1. The molecule has 1 aromatic carbocycles. The zero-order valence-corrected chi connectivity index (χ0v) is 16.8. The van der Waals surface area contributed by atoms with Gasteiger partial charge in [-0.3, -0.25) is 9.78 Å². The number of aromatic amines is 1. The van der Waals surface area contributed by atoms with Gasteiger partial charge < -0.3 is 19.9 Å². The van der Waals surface area contributed by atoms with Crippen LogP contribution in [0.15, 0.2) is 60.9 Å². The smallest absolute Gasteiger partial charge is 0.257 e. The molecule has 4 aromatic rings. The van der Waals surface area contributed by atoms with E-state index >= 15 is 0 Å². The summed E-state index contributed by atoms with van der Waals surface area (Å²) in [6, 6.07) is 14.8. The van der Waals surface area contributed by atoms with E-state index in [1.165, 1.54) is 0 Å². The van der Waals surface area contributed by atoms with Crippen molar-refractivity contribution in [2.45, 2.75) is 0 Å². The van der Waals surface area contributed by atoms with Crippen LogP contribution in [0.4, 0.5) is 11.5 Å². The second-order valence-electron chi connectivity index (χ2n) is 6.81. The molecule has 0 radical (unpaired) electrons. The highest BCUT2D eigenvalue weighted by Crippen LogP contribution is 2.22. The lowest BCUT2D eigenvalue weighted by molar-refractivity contribution is 0.102. The van der Waals surface area contributed by atoms with Gasteiger partial charge in [-0.2, -0.15) is 0 Å². The Bertz CT molecular complexity index is 1140. The summed E-state index contributed by atoms with van der Waals surface area (Å²) in [5, 5.41) is 2.91. The maximum absolute atomic E-state index is 12.6. The van der Waals surface area contributed by atoms with Crippen molar-refractivity contribution in [3.63, 3.8) is 0 Å². The van der Waals surface area contributed by atoms with Crippen molar-refractivity contribution in [3.8, 4) is 11.5 Å². The molecule has 1 amide bonds. The Hall–Kier alpha value is -3.78. The molecule has 8 nitrogen and oxygen atoms in total. The number of benzene rings is 1. The van der Waals surface area contributed by atoms with Gasteiger partial charge in [0.05, 0.1) is 23.2 Å². The summed E-state index contributed by atoms with van der Waals surface area (Å²) < 4.78 is 5.08. The van der Waals surface area contributed by atoms with Gasteiger partial charge in [-0.05, 0) is 42.5 Å². The topological polar surface area (TPSA) is 96.0 Å². The van der Waals surface area contributed by atoms with E-state index in [-0.39, 0.29) is 5.91 Å². The Kier molecular flexibility index (Phi) is 5.67. The summed E-state index contributed by atoms with van der Waals surface area (Å²) >= 11 is 0. The summed E-state index contributed by atoms with van der Waals surface area (Å²) in [7, 11) is 3.59. The molecule has 30 heavy (non-hydrogen) atoms. The molecule has 8 heteroatoms. The molecule has 0 aliphatic heterocycles. The van der Waals surface area contributed by atoms with Crippen molar-refractivity contribution >= 4 is 28.4 Å². The minimum Gasteiger partial charge on any atom is -0.383 e. The molecular formula is C22H22N6O2. The number of nitrogens with one attached hydrogen (secondary N) is 2. The van der Waals surface area contributed by atoms with E-state index in [4.69, 9.17) is 4.74 Å². The van der Waals surface area contributed by atoms with Gasteiger partial charge in [0.2, 0.25) is 0 Å². The number of hydrogen-bond donors (Lipinski definition) is 2. The van der Waals surface area contributed by atoms with Crippen LogP contribution in [0.2, 0.25) is 0 Å². The number of nitrogens with zero attached hydrogens (tertiary/aromatic N) is 4. The van der Waals surface area contributed by atoms with E-state index < -0.39 is 0 Å². The third-order valence-electron chi connectivity index (χ3n) is 4.68. The van der Waals surface area contributed by atoms with Crippen LogP contribution in [-0.2, 0) is 4.74 Å². The maximum atomic E-state index is 12.6. The Morgan fingerprint density at radius 3 is 2.80 bits per heavy atom. The largest absolute Gasteiger partial charge is 0.383 e. The molecule has 0 fully saturated rings. The van der Waals surface area contributed by atoms with Gasteiger partial charge in [-0.25, -0.2) is 9.97 Å². The molecule has 152 valence electrons. The predicted molar refractivity (Wildman–Crippen MR) is 117 cm³/mol. The first-order chi connectivity index (χ1) is 14.6. The van der Waals surface area contributed by atoms with E-state index in [0.29, 0.717) is 23.7 Å². The van der Waals surface area contributed by atoms with E-state index in [0.717, 1.165) is 29.1 Å². The molecule has 0 atom stereocenters. The van der Waals surface area contributed by atoms with Crippen LogP contribution in [-0.4, -0.2) is 53.2 Å². The molecule has 3 aromatic heterocycles. The highest BCUT2D eigenvalue weighted by Gasteiger charge is 2.11. The Morgan fingerprint density at radius 1 is 1.17 bits per heavy atom. The number of rotatable bonds is 7. The summed E-state index contributed by atoms with van der Waals surface area (Å²) in [6.45, 7) is 1.33. The number of likely N-dealkylation sites (N-methyl/N-ethyl adjacent to an activating group) is 1. The number of ether oxygens (including phenoxy) is 1. The number of anilines is 2. The lowest BCUT2D eigenvalue weighted by Gasteiger charge is -2.17. The van der Waals surface area contributed by atoms with Crippen molar-refractivity contribution in [2.24, 2.45) is 0 Å². The molecule has 0 unspecified atom stereocenters. The van der Waals surface area contributed by atoms with Crippen LogP contribution in [0, 0.1) is 0 Å². The lowest BCUT2D eigenvalue weighted by Crippen LogP contribution is -2.23. The zero-order chi connectivity index (χ0) is 20.9. The number of amides is 1. The summed E-state index contributed by atoms with van der Waals surface area (Å²) in [4.78, 5) is 31.1. The average molecular weight is 402 g/mol. The summed E-state index contributed by atoms with van der Waals surface area (Å²) in [5.74, 6) is 1.24. The average Bonchev–Trinajstić information content (AvgIpc) is 3.21. The van der Waals surface area contributed by atoms with E-state index in [9.17, 15) is 4.79 Å². The van der Waals surface area contributed by atoms with Crippen molar-refractivity contribution in [3.05, 3.63) is 66.5 Å². The van der Waals surface area contributed by atoms with Crippen LogP contribution in [0.5, 0.6) is 0 Å². The molecule has 0 saturated carbocycles. The van der Waals surface area contributed by atoms with Crippen LogP contribution < -0.4 is 10.2 Å². The van der Waals surface area contributed by atoms with Crippen molar-refractivity contribution in [1.29, 1.82) is 0 Å². The number of carbonyl (C=O) groups excluding carboxylic acids is 1. The molecule has 0 spiro atoms. The predicted octanol–water partition coefficient (Wildman–Crippen LogP) is 3.35. The van der Waals surface area contributed by atoms with Crippen LogP contribution in [0.3, 0.4) is 0 Å². The minimum absolute atomic E-state index is 0.225. The summed E-state index contributed by atoms with van der Waals surface area (Å²) in [5.41, 5.74) is 3.55. The number of H-pyrrole nitrogens is 1. The summed E-state index contributed by atoms with van der Waals surface area (Å²) in [6.07, 6.45) is 3.30. The first-order valence-electron chi connectivity index (χ1n) is 9.52. The van der Waals surface area contributed by atoms with Gasteiger partial charge in [0, 0.05) is 38.8 Å². The van der Waals surface area contributed by atoms with Crippen molar-refractivity contribution in [1.82, 2.24) is 19.9 Å². The second-order valence-corrected chi connectivity index (χ2v) is 6.81. The first kappa shape index (κ1) is 19.5. The van der Waals surface area contributed by atoms with Crippen LogP contribution in [0.1, 0.15) is 10.4 Å². The van der Waals surface area contributed by atoms with Gasteiger partial charge in [0.15, 0.2) is 5.82 Å². The molecule has 0 bridgehead atoms. The third kappa shape index (κ3) is 4.28. The van der Waals surface area contributed by atoms with E-state index in [1.54, 1.807) is 25.6 Å². The zero-order valence-electron chi connectivity index (χ0n) is 16.8. The van der Waals surface area contributed by atoms with Crippen molar-refractivity contribution in [2.75, 3.05) is 37.5 Å². The first-order valence-corrected chi connectivity index (χ1v) is 9.52. The molecule has 0 aliphatic carbocycles. The molecule has 2 N–H and O–H groups in total. The fourth-order valence-electron chi connectivity index (χ4n) is 3.00. The second kappa shape index (κ2) is 8.71. The SMILES string of the molecule is COCCN(C)c1ccc(C(=O)Nc2ccc3nc(-c4ccccn4)[nH]c3c2)cn1. The van der Waals surface area contributed by atoms with Gasteiger partial charge >= 0.3 is 0 Å². The minimum atomic E-state index is -0.225. The number of methoxy groups -OCH3 is 1. The molecular weight excluding hydrogens is 380 g/mol. The van der Waals surface area contributed by atoms with E-state index in [2.05, 4.69) is 25.3 Å². The van der Waals surface area contributed by atoms with Crippen LogP contribution >= 0.6 is 0 Å². The van der Waals surface area contributed by atoms with Gasteiger partial charge in [-0.1, -0.05) is 6.07 Å². The molecule has 3 heterocycles. The highest BCUT2D eigenvalue weighted by atomic mass is 16.5. The fourth-order valence-corrected chi connectivity index (χ4v) is 3.00. The highest BCUT2D eigenvalue weighted by molar-refractivity contribution is 6.04. The van der Waals surface area contributed by atoms with Crippen LogP contribution in [0.25, 0.3) is 22.6 Å². The fraction of sp³-hybridized carbons (Fsp3) is 0.182. The number of fused-ring (bicyclic) bond motifs is 1. The number of aromatic nitrogens is 4. The molecule has 0 saturated heterocycles. The number of hydrogen-bond acceptors (Lipinski definition) is 6. The normalized spacial score (nSPS) is 10.9. The van der Waals surface area contributed by atoms with Gasteiger partial charge in [0.25, 0.3) is 5.91 Å².